The van der Waals surface area contributed by atoms with Crippen molar-refractivity contribution in [3.05, 3.63) is 0 Å². The molecule has 0 heterocycles. The van der Waals surface area contributed by atoms with Crippen LogP contribution in [0, 0.1) is 5.92 Å². The Morgan fingerprint density at radius 3 is 2.40 bits per heavy atom. The summed E-state index contributed by atoms with van der Waals surface area (Å²) in [5.41, 5.74) is 5.69. The number of rotatable bonds is 5. The van der Waals surface area contributed by atoms with E-state index in [-0.39, 0.29) is 11.8 Å². The second-order valence-electron chi connectivity index (χ2n) is 4.75. The van der Waals surface area contributed by atoms with E-state index in [2.05, 4.69) is 0 Å². The predicted molar refractivity (Wildman–Crippen MR) is 63.5 cm³/mol. The van der Waals surface area contributed by atoms with E-state index in [1.54, 1.807) is 0 Å². The van der Waals surface area contributed by atoms with Crippen LogP contribution in [0.5, 0.6) is 0 Å². The molecule has 1 aliphatic carbocycles. The number of hydrogen-bond acceptors (Lipinski definition) is 3. The van der Waals surface area contributed by atoms with E-state index in [0.29, 0.717) is 11.7 Å². The maximum atomic E-state index is 11.8. The van der Waals surface area contributed by atoms with Crippen molar-refractivity contribution in [1.29, 1.82) is 0 Å². The summed E-state index contributed by atoms with van der Waals surface area (Å²) in [5.74, 6) is 0.925. The van der Waals surface area contributed by atoms with Crippen molar-refractivity contribution in [2.45, 2.75) is 51.5 Å². The lowest BCUT2D eigenvalue weighted by atomic mass is 9.91. The molecule has 0 spiro atoms. The number of sulfone groups is 1. The van der Waals surface area contributed by atoms with E-state index in [1.807, 2.05) is 6.92 Å². The molecular formula is C11H23NO2S. The van der Waals surface area contributed by atoms with Gasteiger partial charge in [0.15, 0.2) is 9.84 Å². The molecule has 0 aromatic heterocycles. The third-order valence-corrected chi connectivity index (χ3v) is 5.12. The third-order valence-electron chi connectivity index (χ3n) is 3.21. The van der Waals surface area contributed by atoms with Crippen LogP contribution in [0.15, 0.2) is 0 Å². The fraction of sp³-hybridized carbons (Fsp3) is 1.00. The van der Waals surface area contributed by atoms with Crippen LogP contribution in [-0.2, 0) is 9.84 Å². The second kappa shape index (κ2) is 5.85. The smallest absolute Gasteiger partial charge is 0.152 e. The first-order chi connectivity index (χ1) is 7.03. The highest BCUT2D eigenvalue weighted by atomic mass is 32.2. The second-order valence-corrected chi connectivity index (χ2v) is 6.90. The van der Waals surface area contributed by atoms with Gasteiger partial charge in [-0.25, -0.2) is 8.42 Å². The van der Waals surface area contributed by atoms with Gasteiger partial charge in [0.2, 0.25) is 0 Å². The first-order valence-corrected chi connectivity index (χ1v) is 7.81. The lowest BCUT2D eigenvalue weighted by molar-refractivity contribution is 0.384. The Bertz CT molecular complexity index is 268. The summed E-state index contributed by atoms with van der Waals surface area (Å²) in [6.07, 6.45) is 6.57. The molecule has 1 aliphatic rings. The lowest BCUT2D eigenvalue weighted by Gasteiger charge is -2.21. The van der Waals surface area contributed by atoms with Crippen molar-refractivity contribution < 1.29 is 8.42 Å². The largest absolute Gasteiger partial charge is 0.327 e. The van der Waals surface area contributed by atoms with Gasteiger partial charge in [-0.1, -0.05) is 26.2 Å². The Morgan fingerprint density at radius 1 is 1.27 bits per heavy atom. The van der Waals surface area contributed by atoms with Crippen molar-refractivity contribution in [1.82, 2.24) is 0 Å². The molecule has 90 valence electrons. The Balaban J connectivity index is 2.40. The molecule has 1 atom stereocenters. The highest BCUT2D eigenvalue weighted by Gasteiger charge is 2.22. The van der Waals surface area contributed by atoms with Gasteiger partial charge < -0.3 is 5.73 Å². The molecule has 1 fully saturated rings. The molecular weight excluding hydrogens is 210 g/mol. The molecule has 0 aliphatic heterocycles. The number of hydrogen-bond donors (Lipinski definition) is 1. The Morgan fingerprint density at radius 2 is 1.87 bits per heavy atom. The van der Waals surface area contributed by atoms with Gasteiger partial charge in [-0.15, -0.1) is 0 Å². The standard InChI is InChI=1S/C11H23NO2S/c1-2-11(12)9-15(13,14)8-10-6-4-3-5-7-10/h10-11H,2-9,12H2,1H3. The molecule has 4 heteroatoms. The van der Waals surface area contributed by atoms with Crippen molar-refractivity contribution in [2.24, 2.45) is 11.7 Å². The molecule has 3 nitrogen and oxygen atoms in total. The monoisotopic (exact) mass is 233 g/mol. The summed E-state index contributed by atoms with van der Waals surface area (Å²) in [4.78, 5) is 0. The van der Waals surface area contributed by atoms with Crippen LogP contribution in [-0.4, -0.2) is 26.0 Å². The molecule has 15 heavy (non-hydrogen) atoms. The molecule has 1 saturated carbocycles. The minimum atomic E-state index is -2.92. The third kappa shape index (κ3) is 4.98. The summed E-state index contributed by atoms with van der Waals surface area (Å²) in [5, 5.41) is 0. The van der Waals surface area contributed by atoms with E-state index in [4.69, 9.17) is 5.73 Å². The van der Waals surface area contributed by atoms with E-state index in [0.717, 1.165) is 19.3 Å². The molecule has 2 N–H and O–H groups in total. The molecule has 1 unspecified atom stereocenters. The van der Waals surface area contributed by atoms with Crippen LogP contribution in [0.2, 0.25) is 0 Å². The fourth-order valence-electron chi connectivity index (χ4n) is 2.22. The van der Waals surface area contributed by atoms with Gasteiger partial charge in [0, 0.05) is 6.04 Å². The van der Waals surface area contributed by atoms with Gasteiger partial charge in [0.25, 0.3) is 0 Å². The fourth-order valence-corrected chi connectivity index (χ4v) is 4.30. The molecule has 0 radical (unpaired) electrons. The molecule has 0 amide bonds. The Labute approximate surface area is 93.3 Å². The maximum absolute atomic E-state index is 11.8. The molecule has 0 aromatic carbocycles. The quantitative estimate of drug-likeness (QED) is 0.786. The molecule has 1 rings (SSSR count). The average Bonchev–Trinajstić information content (AvgIpc) is 2.17. The molecule has 0 saturated heterocycles. The first-order valence-electron chi connectivity index (χ1n) is 5.99. The SMILES string of the molecule is CCC(N)CS(=O)(=O)CC1CCCCC1. The van der Waals surface area contributed by atoms with Crippen molar-refractivity contribution in [3.63, 3.8) is 0 Å². The van der Waals surface area contributed by atoms with Crippen molar-refractivity contribution in [3.8, 4) is 0 Å². The first kappa shape index (κ1) is 13.0. The van der Waals surface area contributed by atoms with Gasteiger partial charge in [0.05, 0.1) is 11.5 Å². The number of nitrogens with two attached hydrogens (primary N) is 1. The van der Waals surface area contributed by atoms with Crippen LogP contribution in [0.1, 0.15) is 45.4 Å². The zero-order chi connectivity index (χ0) is 11.3. The van der Waals surface area contributed by atoms with Gasteiger partial charge in [0.1, 0.15) is 0 Å². The van der Waals surface area contributed by atoms with Crippen LogP contribution in [0.25, 0.3) is 0 Å². The van der Waals surface area contributed by atoms with Crippen LogP contribution in [0.4, 0.5) is 0 Å². The highest BCUT2D eigenvalue weighted by Crippen LogP contribution is 2.25. The molecule has 0 bridgehead atoms. The summed E-state index contributed by atoms with van der Waals surface area (Å²) < 4.78 is 23.6. The zero-order valence-corrected chi connectivity index (χ0v) is 10.4. The Hall–Kier alpha value is -0.0900. The summed E-state index contributed by atoms with van der Waals surface area (Å²) in [6.45, 7) is 1.93. The normalized spacial score (nSPS) is 21.5. The van der Waals surface area contributed by atoms with E-state index in [1.165, 1.54) is 19.3 Å². The van der Waals surface area contributed by atoms with E-state index >= 15 is 0 Å². The van der Waals surface area contributed by atoms with Crippen LogP contribution in [0.3, 0.4) is 0 Å². The van der Waals surface area contributed by atoms with Crippen molar-refractivity contribution in [2.75, 3.05) is 11.5 Å². The average molecular weight is 233 g/mol. The topological polar surface area (TPSA) is 60.2 Å². The summed E-state index contributed by atoms with van der Waals surface area (Å²) in [6, 6.07) is -0.182. The van der Waals surface area contributed by atoms with Gasteiger partial charge in [-0.3, -0.25) is 0 Å². The zero-order valence-electron chi connectivity index (χ0n) is 9.61. The molecule has 0 aromatic rings. The van der Waals surface area contributed by atoms with Gasteiger partial charge in [-0.05, 0) is 25.2 Å². The minimum absolute atomic E-state index is 0.167. The maximum Gasteiger partial charge on any atom is 0.152 e. The summed E-state index contributed by atoms with van der Waals surface area (Å²) in [7, 11) is -2.92. The van der Waals surface area contributed by atoms with Crippen molar-refractivity contribution >= 4 is 9.84 Å². The minimum Gasteiger partial charge on any atom is -0.327 e. The Kier molecular flexibility index (Phi) is 5.06. The highest BCUT2D eigenvalue weighted by molar-refractivity contribution is 7.91. The van der Waals surface area contributed by atoms with Crippen LogP contribution < -0.4 is 5.73 Å². The van der Waals surface area contributed by atoms with Crippen LogP contribution >= 0.6 is 0 Å². The predicted octanol–water partition coefficient (Wildman–Crippen LogP) is 1.72. The van der Waals surface area contributed by atoms with E-state index in [9.17, 15) is 8.42 Å². The van der Waals surface area contributed by atoms with Gasteiger partial charge >= 0.3 is 0 Å². The lowest BCUT2D eigenvalue weighted by Crippen LogP contribution is -2.32. The summed E-state index contributed by atoms with van der Waals surface area (Å²) >= 11 is 0. The van der Waals surface area contributed by atoms with Gasteiger partial charge in [-0.2, -0.15) is 0 Å². The van der Waals surface area contributed by atoms with E-state index < -0.39 is 9.84 Å².